The molecule has 1 fully saturated rings. The second-order valence-electron chi connectivity index (χ2n) is 4.75. The fourth-order valence-electron chi connectivity index (χ4n) is 1.35. The number of imide groups is 1. The average Bonchev–Trinajstić information content (AvgIpc) is 2.49. The summed E-state index contributed by atoms with van der Waals surface area (Å²) >= 11 is 2.98. The van der Waals surface area contributed by atoms with Crippen LogP contribution in [0.4, 0.5) is 4.79 Å². The Morgan fingerprint density at radius 2 is 2.06 bits per heavy atom. The number of amides is 3. The Balaban J connectivity index is 2.52. The number of rotatable bonds is 3. The van der Waals surface area contributed by atoms with Crippen LogP contribution in [0.15, 0.2) is 10.7 Å². The highest BCUT2D eigenvalue weighted by molar-refractivity contribution is 9.11. The fourth-order valence-corrected chi connectivity index (χ4v) is 1.66. The van der Waals surface area contributed by atoms with Gasteiger partial charge in [-0.2, -0.15) is 0 Å². The van der Waals surface area contributed by atoms with Gasteiger partial charge >= 0.3 is 12.0 Å². The van der Waals surface area contributed by atoms with Gasteiger partial charge in [-0.15, -0.1) is 0 Å². The number of carbonyl (C=O) groups is 3. The second kappa shape index (κ2) is 5.51. The van der Waals surface area contributed by atoms with Gasteiger partial charge in [-0.05, 0) is 20.8 Å². The summed E-state index contributed by atoms with van der Waals surface area (Å²) in [6.07, 6.45) is -0.0218. The molecule has 6 nitrogen and oxygen atoms in total. The highest BCUT2D eigenvalue weighted by Crippen LogP contribution is 2.13. The maximum Gasteiger partial charge on any atom is 0.329 e. The van der Waals surface area contributed by atoms with Crippen LogP contribution in [0, 0.1) is 0 Å². The van der Waals surface area contributed by atoms with Crippen molar-refractivity contribution in [2.75, 3.05) is 6.54 Å². The number of hydrogen-bond acceptors (Lipinski definition) is 4. The standard InChI is InChI=1S/C11H15BrN2O4/c1-11(2,3)18-8(15)4-5-14-9(16)7(6-12)13-10(14)17/h6H,4-5H2,1-3H3,(H,13,17)/b7-6-. The zero-order valence-electron chi connectivity index (χ0n) is 10.4. The van der Waals surface area contributed by atoms with Crippen LogP contribution in [0.5, 0.6) is 0 Å². The molecule has 18 heavy (non-hydrogen) atoms. The van der Waals surface area contributed by atoms with Crippen molar-refractivity contribution in [3.63, 3.8) is 0 Å². The van der Waals surface area contributed by atoms with Gasteiger partial charge in [0.15, 0.2) is 0 Å². The van der Waals surface area contributed by atoms with Gasteiger partial charge in [0.05, 0.1) is 6.42 Å². The first-order valence-electron chi connectivity index (χ1n) is 5.39. The zero-order valence-corrected chi connectivity index (χ0v) is 12.0. The van der Waals surface area contributed by atoms with Crippen LogP contribution in [0.25, 0.3) is 0 Å². The lowest BCUT2D eigenvalue weighted by molar-refractivity contribution is -0.155. The Labute approximate surface area is 113 Å². The number of urea groups is 1. The minimum Gasteiger partial charge on any atom is -0.460 e. The molecule has 0 aromatic rings. The number of ether oxygens (including phenoxy) is 1. The predicted molar refractivity (Wildman–Crippen MR) is 67.7 cm³/mol. The number of halogens is 1. The summed E-state index contributed by atoms with van der Waals surface area (Å²) in [5.41, 5.74) is -0.417. The summed E-state index contributed by atoms with van der Waals surface area (Å²) in [5, 5.41) is 2.37. The van der Waals surface area contributed by atoms with Gasteiger partial charge in [0.25, 0.3) is 5.91 Å². The van der Waals surface area contributed by atoms with E-state index >= 15 is 0 Å². The number of carbonyl (C=O) groups excluding carboxylic acids is 3. The van der Waals surface area contributed by atoms with Crippen molar-refractivity contribution in [1.82, 2.24) is 10.2 Å². The molecule has 0 unspecified atom stereocenters. The van der Waals surface area contributed by atoms with Crippen LogP contribution in [-0.2, 0) is 14.3 Å². The zero-order chi connectivity index (χ0) is 13.9. The first-order chi connectivity index (χ1) is 8.24. The van der Waals surface area contributed by atoms with Crippen LogP contribution < -0.4 is 5.32 Å². The number of nitrogens with one attached hydrogen (secondary N) is 1. The van der Waals surface area contributed by atoms with Gasteiger partial charge in [-0.1, -0.05) is 15.9 Å². The third kappa shape index (κ3) is 3.83. The molecule has 0 aromatic heterocycles. The van der Waals surface area contributed by atoms with E-state index in [1.165, 1.54) is 4.99 Å². The smallest absolute Gasteiger partial charge is 0.329 e. The van der Waals surface area contributed by atoms with Gasteiger partial charge in [-0.25, -0.2) is 4.79 Å². The Kier molecular flexibility index (Phi) is 4.50. The molecule has 0 aromatic carbocycles. The summed E-state index contributed by atoms with van der Waals surface area (Å²) in [5.74, 6) is -0.903. The third-order valence-corrected chi connectivity index (χ3v) is 2.49. The normalized spacial score (nSPS) is 18.2. The van der Waals surface area contributed by atoms with Gasteiger partial charge in [0, 0.05) is 11.5 Å². The predicted octanol–water partition coefficient (Wildman–Crippen LogP) is 1.51. The molecule has 0 radical (unpaired) electrons. The van der Waals surface area contributed by atoms with Crippen molar-refractivity contribution in [2.45, 2.75) is 32.8 Å². The molecule has 3 amide bonds. The second-order valence-corrected chi connectivity index (χ2v) is 5.20. The number of hydrogen-bond donors (Lipinski definition) is 1. The fraction of sp³-hybridized carbons (Fsp3) is 0.545. The van der Waals surface area contributed by atoms with E-state index in [0.29, 0.717) is 0 Å². The molecule has 0 saturated carbocycles. The van der Waals surface area contributed by atoms with Crippen molar-refractivity contribution < 1.29 is 19.1 Å². The van der Waals surface area contributed by atoms with E-state index in [-0.39, 0.29) is 18.7 Å². The molecule has 1 aliphatic heterocycles. The first-order valence-corrected chi connectivity index (χ1v) is 6.31. The van der Waals surface area contributed by atoms with Crippen molar-refractivity contribution in [2.24, 2.45) is 0 Å². The molecular weight excluding hydrogens is 304 g/mol. The maximum absolute atomic E-state index is 11.6. The van der Waals surface area contributed by atoms with Crippen LogP contribution in [0.3, 0.4) is 0 Å². The Morgan fingerprint density at radius 3 is 2.50 bits per heavy atom. The summed E-state index contributed by atoms with van der Waals surface area (Å²) < 4.78 is 5.09. The Morgan fingerprint density at radius 1 is 1.44 bits per heavy atom. The van der Waals surface area contributed by atoms with Gasteiger partial charge in [0.2, 0.25) is 0 Å². The highest BCUT2D eigenvalue weighted by Gasteiger charge is 2.33. The van der Waals surface area contributed by atoms with Gasteiger partial charge in [-0.3, -0.25) is 14.5 Å². The maximum atomic E-state index is 11.6. The molecule has 1 heterocycles. The van der Waals surface area contributed by atoms with Crippen molar-refractivity contribution in [1.29, 1.82) is 0 Å². The monoisotopic (exact) mass is 318 g/mol. The molecule has 0 spiro atoms. The minimum atomic E-state index is -0.574. The Bertz CT molecular complexity index is 412. The van der Waals surface area contributed by atoms with Gasteiger partial charge < -0.3 is 10.1 Å². The van der Waals surface area contributed by atoms with Crippen LogP contribution in [0.2, 0.25) is 0 Å². The molecule has 1 N–H and O–H groups in total. The molecule has 0 bridgehead atoms. The topological polar surface area (TPSA) is 75.7 Å². The van der Waals surface area contributed by atoms with Crippen molar-refractivity contribution in [3.8, 4) is 0 Å². The Hall–Kier alpha value is -1.37. The van der Waals surface area contributed by atoms with Crippen LogP contribution in [-0.4, -0.2) is 35.0 Å². The molecule has 100 valence electrons. The van der Waals surface area contributed by atoms with Crippen LogP contribution in [0.1, 0.15) is 27.2 Å². The number of nitrogens with zero attached hydrogens (tertiary/aromatic N) is 1. The molecule has 1 saturated heterocycles. The van der Waals surface area contributed by atoms with E-state index in [2.05, 4.69) is 21.2 Å². The van der Waals surface area contributed by atoms with Crippen LogP contribution >= 0.6 is 15.9 Å². The van der Waals surface area contributed by atoms with E-state index in [1.807, 2.05) is 0 Å². The number of esters is 1. The SMILES string of the molecule is CC(C)(C)OC(=O)CCN1C(=O)N/C(=C\Br)C1=O. The third-order valence-electron chi connectivity index (χ3n) is 2.03. The van der Waals surface area contributed by atoms with Gasteiger partial charge in [0.1, 0.15) is 11.3 Å². The molecule has 1 rings (SSSR count). The molecule has 1 aliphatic rings. The first kappa shape index (κ1) is 14.7. The summed E-state index contributed by atoms with van der Waals surface area (Å²) in [7, 11) is 0. The molecule has 0 atom stereocenters. The summed E-state index contributed by atoms with van der Waals surface area (Å²) in [6, 6.07) is -0.533. The van der Waals surface area contributed by atoms with E-state index in [9.17, 15) is 14.4 Å². The summed E-state index contributed by atoms with van der Waals surface area (Å²) in [6.45, 7) is 5.27. The quantitative estimate of drug-likeness (QED) is 0.486. The largest absolute Gasteiger partial charge is 0.460 e. The van der Waals surface area contributed by atoms with E-state index in [0.717, 1.165) is 4.90 Å². The highest BCUT2D eigenvalue weighted by atomic mass is 79.9. The molecular formula is C11H15BrN2O4. The van der Waals surface area contributed by atoms with Crippen molar-refractivity contribution >= 4 is 33.8 Å². The van der Waals surface area contributed by atoms with E-state index < -0.39 is 23.5 Å². The van der Waals surface area contributed by atoms with E-state index in [1.54, 1.807) is 20.8 Å². The molecule has 0 aliphatic carbocycles. The van der Waals surface area contributed by atoms with Crippen molar-refractivity contribution in [3.05, 3.63) is 10.7 Å². The molecule has 7 heteroatoms. The average molecular weight is 319 g/mol. The summed E-state index contributed by atoms with van der Waals surface area (Å²) in [4.78, 5) is 36.8. The lowest BCUT2D eigenvalue weighted by atomic mass is 10.2. The van der Waals surface area contributed by atoms with E-state index in [4.69, 9.17) is 4.74 Å². The minimum absolute atomic E-state index is 0.00389. The lowest BCUT2D eigenvalue weighted by Crippen LogP contribution is -2.34. The lowest BCUT2D eigenvalue weighted by Gasteiger charge is -2.20.